The van der Waals surface area contributed by atoms with Crippen LogP contribution in [-0.2, 0) is 0 Å². The standard InChI is InChI=1S/C8H3BrN2O4/c9-7-4(3-10)1-5(11(14)15)2-6(7)8(12)13/h1-2H,(H,12,13). The molecule has 0 aliphatic heterocycles. The Hall–Kier alpha value is -1.94. The van der Waals surface area contributed by atoms with Gasteiger partial charge in [0.2, 0.25) is 0 Å². The number of nitro benzene ring substituents is 1. The molecule has 0 amide bonds. The van der Waals surface area contributed by atoms with Gasteiger partial charge in [-0.1, -0.05) is 0 Å². The number of rotatable bonds is 2. The number of carboxylic acids is 1. The van der Waals surface area contributed by atoms with E-state index in [1.807, 2.05) is 0 Å². The van der Waals surface area contributed by atoms with E-state index in [1.54, 1.807) is 6.07 Å². The third kappa shape index (κ3) is 2.11. The Kier molecular flexibility index (Phi) is 3.01. The first kappa shape index (κ1) is 11.1. The number of carboxylic acid groups (broad SMARTS) is 1. The molecule has 0 aliphatic carbocycles. The summed E-state index contributed by atoms with van der Waals surface area (Å²) in [7, 11) is 0. The number of hydrogen-bond donors (Lipinski definition) is 1. The van der Waals surface area contributed by atoms with Crippen LogP contribution in [0.15, 0.2) is 16.6 Å². The molecule has 1 aromatic carbocycles. The Labute approximate surface area is 92.0 Å². The third-order valence-corrected chi connectivity index (χ3v) is 2.47. The second-order valence-corrected chi connectivity index (χ2v) is 3.32. The van der Waals surface area contributed by atoms with Crippen molar-refractivity contribution >= 4 is 27.6 Å². The van der Waals surface area contributed by atoms with E-state index in [9.17, 15) is 14.9 Å². The van der Waals surface area contributed by atoms with Crippen molar-refractivity contribution in [2.45, 2.75) is 0 Å². The van der Waals surface area contributed by atoms with Crippen LogP contribution in [0.5, 0.6) is 0 Å². The van der Waals surface area contributed by atoms with Gasteiger partial charge in [-0.05, 0) is 15.9 Å². The number of non-ortho nitro benzene ring substituents is 1. The quantitative estimate of drug-likeness (QED) is 0.653. The van der Waals surface area contributed by atoms with E-state index in [1.165, 1.54) is 0 Å². The summed E-state index contributed by atoms with van der Waals surface area (Å²) in [4.78, 5) is 20.4. The van der Waals surface area contributed by atoms with Gasteiger partial charge in [0.25, 0.3) is 5.69 Å². The zero-order chi connectivity index (χ0) is 11.6. The van der Waals surface area contributed by atoms with Gasteiger partial charge in [-0.3, -0.25) is 10.1 Å². The largest absolute Gasteiger partial charge is 0.478 e. The first-order valence-electron chi connectivity index (χ1n) is 3.58. The maximum atomic E-state index is 10.7. The van der Waals surface area contributed by atoms with Crippen LogP contribution in [0, 0.1) is 21.4 Å². The Morgan fingerprint density at radius 1 is 1.60 bits per heavy atom. The van der Waals surface area contributed by atoms with E-state index < -0.39 is 16.6 Å². The molecule has 1 aromatic rings. The molecule has 0 spiro atoms. The number of aromatic carboxylic acids is 1. The van der Waals surface area contributed by atoms with Crippen LogP contribution >= 0.6 is 15.9 Å². The van der Waals surface area contributed by atoms with Gasteiger partial charge in [-0.25, -0.2) is 4.79 Å². The van der Waals surface area contributed by atoms with Crippen LogP contribution in [0.25, 0.3) is 0 Å². The number of carbonyl (C=O) groups is 1. The summed E-state index contributed by atoms with van der Waals surface area (Å²) in [6, 6.07) is 3.58. The Bertz CT molecular complexity index is 492. The average molecular weight is 271 g/mol. The zero-order valence-electron chi connectivity index (χ0n) is 7.10. The van der Waals surface area contributed by atoms with Gasteiger partial charge in [0, 0.05) is 12.1 Å². The van der Waals surface area contributed by atoms with Crippen LogP contribution in [-0.4, -0.2) is 16.0 Å². The summed E-state index contributed by atoms with van der Waals surface area (Å²) in [6.45, 7) is 0. The van der Waals surface area contributed by atoms with Crippen LogP contribution in [0.4, 0.5) is 5.69 Å². The topological polar surface area (TPSA) is 104 Å². The summed E-state index contributed by atoms with van der Waals surface area (Å²) < 4.78 is 0.0445. The molecule has 0 unspecified atom stereocenters. The predicted molar refractivity (Wildman–Crippen MR) is 52.5 cm³/mol. The van der Waals surface area contributed by atoms with Gasteiger partial charge in [-0.15, -0.1) is 0 Å². The van der Waals surface area contributed by atoms with Crippen molar-refractivity contribution in [2.75, 3.05) is 0 Å². The summed E-state index contributed by atoms with van der Waals surface area (Å²) in [5.74, 6) is -1.33. The molecule has 1 N–H and O–H groups in total. The molecule has 15 heavy (non-hydrogen) atoms. The SMILES string of the molecule is N#Cc1cc([N+](=O)[O-])cc(C(=O)O)c1Br. The summed E-state index contributed by atoms with van der Waals surface area (Å²) in [6.07, 6.45) is 0. The number of nitrogens with zero attached hydrogens (tertiary/aromatic N) is 2. The monoisotopic (exact) mass is 270 g/mol. The molecule has 0 bridgehead atoms. The van der Waals surface area contributed by atoms with E-state index in [-0.39, 0.29) is 15.6 Å². The van der Waals surface area contributed by atoms with Gasteiger partial charge in [-0.2, -0.15) is 5.26 Å². The maximum Gasteiger partial charge on any atom is 0.337 e. The molecule has 76 valence electrons. The highest BCUT2D eigenvalue weighted by Crippen LogP contribution is 2.26. The lowest BCUT2D eigenvalue weighted by molar-refractivity contribution is -0.384. The van der Waals surface area contributed by atoms with Crippen LogP contribution in [0.1, 0.15) is 15.9 Å². The van der Waals surface area contributed by atoms with E-state index in [2.05, 4.69) is 15.9 Å². The molecule has 6 nitrogen and oxygen atoms in total. The first-order valence-corrected chi connectivity index (χ1v) is 4.38. The van der Waals surface area contributed by atoms with Crippen molar-refractivity contribution in [1.82, 2.24) is 0 Å². The highest BCUT2D eigenvalue weighted by molar-refractivity contribution is 9.10. The molecule has 1 rings (SSSR count). The minimum atomic E-state index is -1.33. The van der Waals surface area contributed by atoms with Gasteiger partial charge >= 0.3 is 5.97 Å². The van der Waals surface area contributed by atoms with E-state index in [4.69, 9.17) is 10.4 Å². The average Bonchev–Trinajstić information content (AvgIpc) is 2.17. The number of nitriles is 1. The second kappa shape index (κ2) is 4.06. The molecule has 0 atom stereocenters. The van der Waals surface area contributed by atoms with Crippen molar-refractivity contribution in [3.63, 3.8) is 0 Å². The lowest BCUT2D eigenvalue weighted by atomic mass is 10.1. The lowest BCUT2D eigenvalue weighted by Crippen LogP contribution is -2.01. The number of halogens is 1. The minimum Gasteiger partial charge on any atom is -0.478 e. The molecular formula is C8H3BrN2O4. The fourth-order valence-electron chi connectivity index (χ4n) is 0.952. The first-order chi connectivity index (χ1) is 6.97. The van der Waals surface area contributed by atoms with Crippen molar-refractivity contribution in [1.29, 1.82) is 5.26 Å². The van der Waals surface area contributed by atoms with Crippen molar-refractivity contribution in [2.24, 2.45) is 0 Å². The lowest BCUT2D eigenvalue weighted by Gasteiger charge is -2.00. The number of benzene rings is 1. The molecule has 0 radical (unpaired) electrons. The third-order valence-electron chi connectivity index (χ3n) is 1.62. The highest BCUT2D eigenvalue weighted by atomic mass is 79.9. The molecular weight excluding hydrogens is 268 g/mol. The molecule has 0 aliphatic rings. The smallest absolute Gasteiger partial charge is 0.337 e. The van der Waals surface area contributed by atoms with Gasteiger partial charge < -0.3 is 5.11 Å². The van der Waals surface area contributed by atoms with Gasteiger partial charge in [0.05, 0.1) is 20.5 Å². The molecule has 7 heteroatoms. The summed E-state index contributed by atoms with van der Waals surface area (Å²) in [5.41, 5.74) is -0.811. The number of nitro groups is 1. The van der Waals surface area contributed by atoms with Crippen molar-refractivity contribution in [3.8, 4) is 6.07 Å². The van der Waals surface area contributed by atoms with E-state index >= 15 is 0 Å². The Balaban J connectivity index is 3.54. The molecule has 0 saturated carbocycles. The summed E-state index contributed by atoms with van der Waals surface area (Å²) >= 11 is 2.90. The predicted octanol–water partition coefficient (Wildman–Crippen LogP) is 1.93. The van der Waals surface area contributed by atoms with Crippen LogP contribution in [0.2, 0.25) is 0 Å². The molecule has 0 aromatic heterocycles. The maximum absolute atomic E-state index is 10.7. The Morgan fingerprint density at radius 3 is 2.60 bits per heavy atom. The normalized spacial score (nSPS) is 9.33. The van der Waals surface area contributed by atoms with Gasteiger partial charge in [0.15, 0.2) is 0 Å². The van der Waals surface area contributed by atoms with E-state index in [0.29, 0.717) is 0 Å². The number of hydrogen-bond acceptors (Lipinski definition) is 4. The second-order valence-electron chi connectivity index (χ2n) is 2.53. The fraction of sp³-hybridized carbons (Fsp3) is 0. The highest BCUT2D eigenvalue weighted by Gasteiger charge is 2.18. The zero-order valence-corrected chi connectivity index (χ0v) is 8.69. The Morgan fingerprint density at radius 2 is 2.20 bits per heavy atom. The molecule has 0 fully saturated rings. The van der Waals surface area contributed by atoms with Crippen LogP contribution < -0.4 is 0 Å². The van der Waals surface area contributed by atoms with Crippen LogP contribution in [0.3, 0.4) is 0 Å². The van der Waals surface area contributed by atoms with Crippen molar-refractivity contribution < 1.29 is 14.8 Å². The molecule has 0 saturated heterocycles. The van der Waals surface area contributed by atoms with Crippen molar-refractivity contribution in [3.05, 3.63) is 37.8 Å². The van der Waals surface area contributed by atoms with E-state index in [0.717, 1.165) is 12.1 Å². The fourth-order valence-corrected chi connectivity index (χ4v) is 1.44. The molecule has 0 heterocycles. The van der Waals surface area contributed by atoms with Gasteiger partial charge in [0.1, 0.15) is 6.07 Å². The minimum absolute atomic E-state index is 0.0445. The summed E-state index contributed by atoms with van der Waals surface area (Å²) in [5, 5.41) is 27.8.